The molecule has 3 N–H and O–H groups in total. The number of amides is 2. The van der Waals surface area contributed by atoms with E-state index < -0.39 is 17.5 Å². The largest absolute Gasteiger partial charge is 0.481 e. The van der Waals surface area contributed by atoms with Crippen LogP contribution in [0.3, 0.4) is 0 Å². The van der Waals surface area contributed by atoms with Gasteiger partial charge in [-0.05, 0) is 33.6 Å². The van der Waals surface area contributed by atoms with E-state index in [2.05, 4.69) is 10.6 Å². The van der Waals surface area contributed by atoms with E-state index in [1.165, 1.54) is 0 Å². The summed E-state index contributed by atoms with van der Waals surface area (Å²) in [7, 11) is 0. The van der Waals surface area contributed by atoms with Crippen LogP contribution < -0.4 is 10.6 Å². The van der Waals surface area contributed by atoms with Crippen LogP contribution in [0.2, 0.25) is 0 Å². The third kappa shape index (κ3) is 5.06. The van der Waals surface area contributed by atoms with Crippen LogP contribution in [0.1, 0.15) is 40.0 Å². The highest BCUT2D eigenvalue weighted by Gasteiger charge is 2.34. The number of rotatable bonds is 6. The number of nitrogens with one attached hydrogen (secondary N) is 2. The van der Waals surface area contributed by atoms with Crippen LogP contribution in [0, 0.1) is 5.92 Å². The summed E-state index contributed by atoms with van der Waals surface area (Å²) >= 11 is 0. The van der Waals surface area contributed by atoms with E-state index in [-0.39, 0.29) is 12.1 Å². The minimum Gasteiger partial charge on any atom is -0.481 e. The van der Waals surface area contributed by atoms with E-state index >= 15 is 0 Å². The number of hydrogen-bond acceptors (Lipinski definition) is 3. The van der Waals surface area contributed by atoms with Gasteiger partial charge in [0.2, 0.25) is 0 Å². The quantitative estimate of drug-likeness (QED) is 0.681. The predicted molar refractivity (Wildman–Crippen MR) is 71.0 cm³/mol. The molecule has 110 valence electrons. The summed E-state index contributed by atoms with van der Waals surface area (Å²) in [6.07, 6.45) is 2.19. The second-order valence-electron chi connectivity index (χ2n) is 5.50. The summed E-state index contributed by atoms with van der Waals surface area (Å²) < 4.78 is 5.47. The second-order valence-corrected chi connectivity index (χ2v) is 5.50. The summed E-state index contributed by atoms with van der Waals surface area (Å²) in [6, 6.07) is -0.598. The zero-order valence-corrected chi connectivity index (χ0v) is 11.9. The number of aliphatic carboxylic acids is 1. The lowest BCUT2D eigenvalue weighted by Gasteiger charge is -2.26. The maximum Gasteiger partial charge on any atom is 0.315 e. The average molecular weight is 272 g/mol. The Bertz CT molecular complexity index is 331. The summed E-state index contributed by atoms with van der Waals surface area (Å²) in [6.45, 7) is 6.66. The van der Waals surface area contributed by atoms with Gasteiger partial charge in [0.15, 0.2) is 0 Å². The SMILES string of the molecule is CCOC(C)(C)CNC(=O)NC1CCCC1C(=O)O. The molecule has 0 heterocycles. The average Bonchev–Trinajstić information content (AvgIpc) is 2.75. The monoisotopic (exact) mass is 272 g/mol. The van der Waals surface area contributed by atoms with Crippen molar-refractivity contribution in [3.8, 4) is 0 Å². The number of carbonyl (C=O) groups excluding carboxylic acids is 1. The second kappa shape index (κ2) is 6.75. The molecule has 1 aliphatic rings. The van der Waals surface area contributed by atoms with Crippen LogP contribution in [-0.2, 0) is 9.53 Å². The first-order chi connectivity index (χ1) is 8.85. The summed E-state index contributed by atoms with van der Waals surface area (Å²) in [5, 5.41) is 14.5. The standard InChI is InChI=1S/C13H24N2O4/c1-4-19-13(2,3)8-14-12(18)15-10-7-5-6-9(10)11(16)17/h9-10H,4-8H2,1-3H3,(H,16,17)(H2,14,15,18). The van der Waals surface area contributed by atoms with E-state index in [4.69, 9.17) is 9.84 Å². The van der Waals surface area contributed by atoms with E-state index in [9.17, 15) is 9.59 Å². The lowest BCUT2D eigenvalue weighted by atomic mass is 10.0. The van der Waals surface area contributed by atoms with Crippen molar-refractivity contribution in [3.63, 3.8) is 0 Å². The van der Waals surface area contributed by atoms with Gasteiger partial charge in [-0.25, -0.2) is 4.79 Å². The van der Waals surface area contributed by atoms with E-state index in [0.29, 0.717) is 19.6 Å². The number of carboxylic acid groups (broad SMARTS) is 1. The number of ether oxygens (including phenoxy) is 1. The molecule has 0 bridgehead atoms. The Kier molecular flexibility index (Phi) is 5.60. The molecule has 0 aliphatic heterocycles. The molecule has 0 aromatic carbocycles. The number of carboxylic acids is 1. The van der Waals surface area contributed by atoms with Gasteiger partial charge in [0.05, 0.1) is 11.5 Å². The Morgan fingerprint density at radius 2 is 2.05 bits per heavy atom. The highest BCUT2D eigenvalue weighted by molar-refractivity contribution is 5.77. The predicted octanol–water partition coefficient (Wildman–Crippen LogP) is 1.35. The summed E-state index contributed by atoms with van der Waals surface area (Å²) in [5.74, 6) is -1.30. The van der Waals surface area contributed by atoms with Crippen molar-refractivity contribution < 1.29 is 19.4 Å². The van der Waals surface area contributed by atoms with Crippen molar-refractivity contribution >= 4 is 12.0 Å². The smallest absolute Gasteiger partial charge is 0.315 e. The Balaban J connectivity index is 2.37. The highest BCUT2D eigenvalue weighted by atomic mass is 16.5. The fraction of sp³-hybridized carbons (Fsp3) is 0.846. The van der Waals surface area contributed by atoms with Crippen LogP contribution in [0.25, 0.3) is 0 Å². The molecule has 0 aromatic rings. The third-order valence-corrected chi connectivity index (χ3v) is 3.36. The minimum absolute atomic E-state index is 0.271. The summed E-state index contributed by atoms with van der Waals surface area (Å²) in [4.78, 5) is 22.8. The Labute approximate surface area is 113 Å². The van der Waals surface area contributed by atoms with Gasteiger partial charge in [-0.2, -0.15) is 0 Å². The van der Waals surface area contributed by atoms with Gasteiger partial charge >= 0.3 is 12.0 Å². The molecule has 1 aliphatic carbocycles. The number of carbonyl (C=O) groups is 2. The van der Waals surface area contributed by atoms with Gasteiger partial charge in [0.1, 0.15) is 0 Å². The fourth-order valence-electron chi connectivity index (χ4n) is 2.38. The maximum atomic E-state index is 11.7. The van der Waals surface area contributed by atoms with Crippen LogP contribution in [0.15, 0.2) is 0 Å². The van der Waals surface area contributed by atoms with Gasteiger partial charge < -0.3 is 20.5 Å². The third-order valence-electron chi connectivity index (χ3n) is 3.36. The molecule has 2 unspecified atom stereocenters. The summed E-state index contributed by atoms with van der Waals surface area (Å²) in [5.41, 5.74) is -0.423. The van der Waals surface area contributed by atoms with Gasteiger partial charge in [-0.1, -0.05) is 6.42 Å². The van der Waals surface area contributed by atoms with Gasteiger partial charge in [-0.3, -0.25) is 4.79 Å². The fourth-order valence-corrected chi connectivity index (χ4v) is 2.38. The first-order valence-electron chi connectivity index (χ1n) is 6.77. The van der Waals surface area contributed by atoms with Crippen molar-refractivity contribution in [1.82, 2.24) is 10.6 Å². The molecule has 2 atom stereocenters. The first-order valence-corrected chi connectivity index (χ1v) is 6.77. The Hall–Kier alpha value is -1.30. The Morgan fingerprint density at radius 1 is 1.37 bits per heavy atom. The number of urea groups is 1. The van der Waals surface area contributed by atoms with E-state index in [0.717, 1.165) is 12.8 Å². The molecule has 19 heavy (non-hydrogen) atoms. The van der Waals surface area contributed by atoms with Crippen molar-refractivity contribution in [2.75, 3.05) is 13.2 Å². The first kappa shape index (κ1) is 15.8. The van der Waals surface area contributed by atoms with Crippen LogP contribution in [0.4, 0.5) is 4.79 Å². The van der Waals surface area contributed by atoms with Gasteiger partial charge in [0, 0.05) is 19.2 Å². The van der Waals surface area contributed by atoms with Crippen molar-refractivity contribution in [1.29, 1.82) is 0 Å². The van der Waals surface area contributed by atoms with Gasteiger partial charge in [-0.15, -0.1) is 0 Å². The molecule has 0 aromatic heterocycles. The molecular formula is C13H24N2O4. The molecule has 1 fully saturated rings. The molecule has 6 heteroatoms. The molecule has 1 rings (SSSR count). The van der Waals surface area contributed by atoms with Crippen LogP contribution in [0.5, 0.6) is 0 Å². The van der Waals surface area contributed by atoms with E-state index in [1.54, 1.807) is 0 Å². The van der Waals surface area contributed by atoms with Crippen LogP contribution >= 0.6 is 0 Å². The molecule has 0 spiro atoms. The van der Waals surface area contributed by atoms with Gasteiger partial charge in [0.25, 0.3) is 0 Å². The van der Waals surface area contributed by atoms with Crippen molar-refractivity contribution in [2.24, 2.45) is 5.92 Å². The zero-order chi connectivity index (χ0) is 14.5. The molecule has 2 amide bonds. The van der Waals surface area contributed by atoms with Crippen molar-refractivity contribution in [2.45, 2.75) is 51.7 Å². The number of hydrogen-bond donors (Lipinski definition) is 3. The molecule has 0 radical (unpaired) electrons. The lowest BCUT2D eigenvalue weighted by molar-refractivity contribution is -0.142. The normalized spacial score (nSPS) is 23.1. The molecule has 1 saturated carbocycles. The maximum absolute atomic E-state index is 11.7. The molecule has 6 nitrogen and oxygen atoms in total. The van der Waals surface area contributed by atoms with Crippen molar-refractivity contribution in [3.05, 3.63) is 0 Å². The minimum atomic E-state index is -0.836. The van der Waals surface area contributed by atoms with E-state index in [1.807, 2.05) is 20.8 Å². The topological polar surface area (TPSA) is 87.7 Å². The lowest BCUT2D eigenvalue weighted by Crippen LogP contribution is -2.49. The molecule has 0 saturated heterocycles. The highest BCUT2D eigenvalue weighted by Crippen LogP contribution is 2.25. The zero-order valence-electron chi connectivity index (χ0n) is 11.9. The Morgan fingerprint density at radius 3 is 2.63 bits per heavy atom. The molecular weight excluding hydrogens is 248 g/mol. The van der Waals surface area contributed by atoms with Crippen LogP contribution in [-0.4, -0.2) is 41.9 Å².